The number of benzene rings is 6. The van der Waals surface area contributed by atoms with Crippen molar-refractivity contribution in [3.8, 4) is 51.0 Å². The Morgan fingerprint density at radius 2 is 1.16 bits per heavy atom. The van der Waals surface area contributed by atoms with Crippen molar-refractivity contribution in [2.45, 2.75) is 62.9 Å². The van der Waals surface area contributed by atoms with Crippen molar-refractivity contribution in [1.29, 1.82) is 0 Å². The fourth-order valence-corrected chi connectivity index (χ4v) is 11.6. The summed E-state index contributed by atoms with van der Waals surface area (Å²) in [6.07, 6.45) is 10.1. The lowest BCUT2D eigenvalue weighted by atomic mass is 9.52. The quantitative estimate of drug-likeness (QED) is 0.143. The molecule has 1 spiro atoms. The molecule has 1 fully saturated rings. The van der Waals surface area contributed by atoms with Crippen LogP contribution in [0.2, 0.25) is 0 Å². The summed E-state index contributed by atoms with van der Waals surface area (Å²) < 4.78 is 30.9. The van der Waals surface area contributed by atoms with Crippen LogP contribution in [-0.2, 0) is 11.0 Å². The number of ether oxygens (including phenoxy) is 5. The van der Waals surface area contributed by atoms with Crippen LogP contribution in [0.1, 0.15) is 74.8 Å². The summed E-state index contributed by atoms with van der Waals surface area (Å²) in [5.74, 6) is 4.08. The molecule has 9 rings (SSSR count). The third-order valence-corrected chi connectivity index (χ3v) is 13.5. The minimum Gasteiger partial charge on any atom is -0.497 e. The van der Waals surface area contributed by atoms with E-state index in [0.717, 1.165) is 86.6 Å². The maximum atomic E-state index is 7.83. The Kier molecular flexibility index (Phi) is 9.16. The molecule has 0 saturated heterocycles. The summed E-state index contributed by atoms with van der Waals surface area (Å²) in [5, 5.41) is 2.18. The predicted molar refractivity (Wildman–Crippen MR) is 238 cm³/mol. The van der Waals surface area contributed by atoms with Crippen molar-refractivity contribution < 1.29 is 23.7 Å². The van der Waals surface area contributed by atoms with Gasteiger partial charge in [0.15, 0.2) is 5.60 Å². The molecule has 296 valence electrons. The highest BCUT2D eigenvalue weighted by Gasteiger charge is 2.55. The van der Waals surface area contributed by atoms with Crippen LogP contribution in [-0.4, -0.2) is 34.7 Å². The van der Waals surface area contributed by atoms with Crippen LogP contribution in [0.25, 0.3) is 39.1 Å². The topological polar surface area (TPSA) is 46.2 Å². The van der Waals surface area contributed by atoms with Crippen LogP contribution in [0.15, 0.2) is 114 Å². The molecule has 6 aromatic rings. The first-order valence-corrected chi connectivity index (χ1v) is 21.3. The van der Waals surface area contributed by atoms with E-state index < -0.39 is 5.60 Å². The van der Waals surface area contributed by atoms with Crippen LogP contribution < -0.4 is 23.7 Å². The van der Waals surface area contributed by atoms with Gasteiger partial charge in [-0.25, -0.2) is 0 Å². The second-order valence-corrected chi connectivity index (χ2v) is 18.7. The van der Waals surface area contributed by atoms with Gasteiger partial charge in [-0.2, -0.15) is 0 Å². The van der Waals surface area contributed by atoms with Crippen molar-refractivity contribution in [1.82, 2.24) is 0 Å². The average molecular weight is 789 g/mol. The van der Waals surface area contributed by atoms with E-state index in [1.807, 2.05) is 48.2 Å². The van der Waals surface area contributed by atoms with E-state index in [-0.39, 0.29) is 16.2 Å². The van der Waals surface area contributed by atoms with Gasteiger partial charge in [0.1, 0.15) is 28.7 Å². The second kappa shape index (κ2) is 13.9. The van der Waals surface area contributed by atoms with E-state index in [9.17, 15) is 0 Å². The number of fused-ring (bicyclic) bond motifs is 10. The zero-order chi connectivity index (χ0) is 40.6. The SMILES string of the molecule is COc1ccc(-c2cc3c4c(c5c(c3cc2OC)-c2ccc(SC)cc2C52CC(C)(C)CC(C)(C)C2)C=CC(c2ccc(OC)cc2)(c2ccc(OC)cc2)O4)cc1. The Hall–Kier alpha value is -5.33. The van der Waals surface area contributed by atoms with Gasteiger partial charge in [0, 0.05) is 38.0 Å². The monoisotopic (exact) mass is 788 g/mol. The van der Waals surface area contributed by atoms with Gasteiger partial charge in [0.25, 0.3) is 0 Å². The molecule has 1 aliphatic heterocycles. The summed E-state index contributed by atoms with van der Waals surface area (Å²) in [4.78, 5) is 1.29. The number of methoxy groups -OCH3 is 4. The van der Waals surface area contributed by atoms with Crippen molar-refractivity contribution in [2.75, 3.05) is 34.7 Å². The Morgan fingerprint density at radius 3 is 1.69 bits per heavy atom. The van der Waals surface area contributed by atoms with E-state index in [1.165, 1.54) is 27.1 Å². The van der Waals surface area contributed by atoms with Gasteiger partial charge >= 0.3 is 0 Å². The number of thioether (sulfide) groups is 1. The maximum Gasteiger partial charge on any atom is 0.178 e. The maximum absolute atomic E-state index is 7.83. The number of hydrogen-bond donors (Lipinski definition) is 0. The van der Waals surface area contributed by atoms with Crippen molar-refractivity contribution in [2.24, 2.45) is 10.8 Å². The summed E-state index contributed by atoms with van der Waals surface area (Å²) in [6, 6.07) is 36.5. The Bertz CT molecular complexity index is 2520. The standard InChI is InChI=1S/C52H52O5S/c1-49(2)29-50(3,4)31-51(30-49)44-26-38(58-9)22-23-39(44)46-42-28-45(56-8)41(32-10-16-35(53-5)17-11-32)27-43(42)48-40(47(46)51)24-25-52(57-48,33-12-18-36(54-6)19-13-33)34-14-20-37(55-7)21-15-34/h10-28H,29-31H2,1-9H3. The summed E-state index contributed by atoms with van der Waals surface area (Å²) >= 11 is 1.82. The van der Waals surface area contributed by atoms with Gasteiger partial charge in [0.05, 0.1) is 28.4 Å². The summed E-state index contributed by atoms with van der Waals surface area (Å²) in [6.45, 7) is 9.87. The van der Waals surface area contributed by atoms with Crippen molar-refractivity contribution in [3.05, 3.63) is 137 Å². The lowest BCUT2D eigenvalue weighted by Gasteiger charge is -2.52. The van der Waals surface area contributed by atoms with Gasteiger partial charge in [-0.1, -0.05) is 76.2 Å². The molecule has 0 atom stereocenters. The lowest BCUT2D eigenvalue weighted by Crippen LogP contribution is -2.44. The van der Waals surface area contributed by atoms with Gasteiger partial charge in [-0.15, -0.1) is 11.8 Å². The molecule has 0 radical (unpaired) electrons. The normalized spacial score (nSPS) is 17.5. The van der Waals surface area contributed by atoms with Gasteiger partial charge in [0.2, 0.25) is 0 Å². The number of hydrogen-bond acceptors (Lipinski definition) is 6. The Morgan fingerprint density at radius 1 is 0.586 bits per heavy atom. The molecule has 2 aliphatic carbocycles. The van der Waals surface area contributed by atoms with E-state index in [4.69, 9.17) is 23.7 Å². The molecule has 0 N–H and O–H groups in total. The number of rotatable bonds is 8. The molecular formula is C52H52O5S. The predicted octanol–water partition coefficient (Wildman–Crippen LogP) is 13.1. The molecule has 58 heavy (non-hydrogen) atoms. The average Bonchev–Trinajstić information content (AvgIpc) is 3.49. The first-order chi connectivity index (χ1) is 27.9. The van der Waals surface area contributed by atoms with E-state index in [2.05, 4.69) is 113 Å². The van der Waals surface area contributed by atoms with Crippen molar-refractivity contribution >= 4 is 28.6 Å². The van der Waals surface area contributed by atoms with Crippen LogP contribution in [0.5, 0.6) is 28.7 Å². The fourth-order valence-electron chi connectivity index (χ4n) is 11.1. The molecule has 0 amide bonds. The van der Waals surface area contributed by atoms with E-state index >= 15 is 0 Å². The molecule has 1 heterocycles. The molecule has 6 aromatic carbocycles. The van der Waals surface area contributed by atoms with Crippen molar-refractivity contribution in [3.63, 3.8) is 0 Å². The Labute approximate surface area is 347 Å². The largest absolute Gasteiger partial charge is 0.497 e. The van der Waals surface area contributed by atoms with Crippen LogP contribution in [0, 0.1) is 10.8 Å². The molecule has 6 heteroatoms. The Balaban J connectivity index is 1.41. The van der Waals surface area contributed by atoms with Gasteiger partial charge in [-0.3, -0.25) is 0 Å². The fraction of sp³-hybridized carbons (Fsp3) is 0.308. The molecule has 3 aliphatic rings. The second-order valence-electron chi connectivity index (χ2n) is 17.8. The summed E-state index contributed by atoms with van der Waals surface area (Å²) in [7, 11) is 6.87. The first-order valence-electron chi connectivity index (χ1n) is 20.1. The highest BCUT2D eigenvalue weighted by molar-refractivity contribution is 7.98. The third kappa shape index (κ3) is 5.97. The van der Waals surface area contributed by atoms with Crippen LogP contribution in [0.3, 0.4) is 0 Å². The molecular weight excluding hydrogens is 737 g/mol. The molecule has 1 saturated carbocycles. The molecule has 0 aromatic heterocycles. The molecule has 5 nitrogen and oxygen atoms in total. The van der Waals surface area contributed by atoms with Gasteiger partial charge in [-0.05, 0) is 136 Å². The van der Waals surface area contributed by atoms with E-state index in [1.54, 1.807) is 28.4 Å². The van der Waals surface area contributed by atoms with E-state index in [0.29, 0.717) is 0 Å². The molecule has 0 bridgehead atoms. The zero-order valence-corrected chi connectivity index (χ0v) is 35.9. The molecule has 0 unspecified atom stereocenters. The lowest BCUT2D eigenvalue weighted by molar-refractivity contribution is 0.0641. The minimum absolute atomic E-state index is 0.100. The van der Waals surface area contributed by atoms with Crippen LogP contribution >= 0.6 is 11.8 Å². The van der Waals surface area contributed by atoms with Crippen LogP contribution in [0.4, 0.5) is 0 Å². The smallest absolute Gasteiger partial charge is 0.178 e. The summed E-state index contributed by atoms with van der Waals surface area (Å²) in [5.41, 5.74) is 9.59. The zero-order valence-electron chi connectivity index (χ0n) is 35.0. The first kappa shape index (κ1) is 38.2. The third-order valence-electron chi connectivity index (χ3n) is 12.8. The highest BCUT2D eigenvalue weighted by Crippen LogP contribution is 2.67. The minimum atomic E-state index is -0.956. The highest BCUT2D eigenvalue weighted by atomic mass is 32.2. The van der Waals surface area contributed by atoms with Gasteiger partial charge < -0.3 is 23.7 Å².